The van der Waals surface area contributed by atoms with Crippen molar-refractivity contribution in [3.63, 3.8) is 0 Å². The van der Waals surface area contributed by atoms with Crippen LogP contribution in [0.2, 0.25) is 0 Å². The van der Waals surface area contributed by atoms with Gasteiger partial charge in [0.2, 0.25) is 0 Å². The van der Waals surface area contributed by atoms with E-state index in [1.54, 1.807) is 0 Å². The first-order chi connectivity index (χ1) is 8.78. The summed E-state index contributed by atoms with van der Waals surface area (Å²) < 4.78 is 0. The van der Waals surface area contributed by atoms with Crippen molar-refractivity contribution in [2.75, 3.05) is 7.05 Å². The smallest absolute Gasteiger partial charge is 0.0346 e. The molecule has 0 saturated carbocycles. The largest absolute Gasteiger partial charge is 0.313 e. The molecule has 1 aliphatic rings. The molecule has 3 rings (SSSR count). The van der Waals surface area contributed by atoms with Gasteiger partial charge < -0.3 is 5.32 Å². The molecule has 0 aliphatic heterocycles. The zero-order valence-electron chi connectivity index (χ0n) is 10.9. The van der Waals surface area contributed by atoms with Crippen LogP contribution in [-0.2, 0) is 6.42 Å². The van der Waals surface area contributed by atoms with Crippen LogP contribution in [0.3, 0.4) is 0 Å². The van der Waals surface area contributed by atoms with E-state index in [-0.39, 0.29) is 0 Å². The summed E-state index contributed by atoms with van der Waals surface area (Å²) in [4.78, 5) is 4.27. The van der Waals surface area contributed by atoms with Crippen LogP contribution in [0.25, 0.3) is 11.1 Å². The minimum atomic E-state index is 0.532. The lowest BCUT2D eigenvalue weighted by atomic mass is 10.0. The zero-order valence-corrected chi connectivity index (χ0v) is 10.9. The van der Waals surface area contributed by atoms with Crippen LogP contribution < -0.4 is 5.32 Å². The molecule has 1 aromatic carbocycles. The molecule has 2 aromatic rings. The second-order valence-corrected chi connectivity index (χ2v) is 5.04. The Morgan fingerprint density at radius 1 is 1.17 bits per heavy atom. The van der Waals surface area contributed by atoms with Crippen molar-refractivity contribution in [2.24, 2.45) is 0 Å². The number of nitrogens with one attached hydrogen (secondary N) is 1. The van der Waals surface area contributed by atoms with Gasteiger partial charge in [-0.1, -0.05) is 18.2 Å². The minimum Gasteiger partial charge on any atom is -0.313 e. The number of nitrogens with zero attached hydrogens (tertiary/aromatic N) is 1. The van der Waals surface area contributed by atoms with E-state index in [9.17, 15) is 0 Å². The van der Waals surface area contributed by atoms with Gasteiger partial charge in [-0.25, -0.2) is 0 Å². The maximum atomic E-state index is 4.27. The summed E-state index contributed by atoms with van der Waals surface area (Å²) in [5.74, 6) is 0. The van der Waals surface area contributed by atoms with Crippen molar-refractivity contribution in [1.82, 2.24) is 10.3 Å². The predicted octanol–water partition coefficient (Wildman–Crippen LogP) is 3.26. The lowest BCUT2D eigenvalue weighted by molar-refractivity contribution is 0.590. The fourth-order valence-electron chi connectivity index (χ4n) is 2.81. The minimum absolute atomic E-state index is 0.532. The summed E-state index contributed by atoms with van der Waals surface area (Å²) in [6.07, 6.45) is 6.22. The number of aromatic nitrogens is 1. The standard InChI is InChI=1S/C16H18N2/c1-11-7-14(10-18-9-11)12-3-5-15-13(8-12)4-6-16(15)17-2/h3,5,7-10,16-17H,4,6H2,1-2H3. The van der Waals surface area contributed by atoms with Crippen LogP contribution in [0.1, 0.15) is 29.2 Å². The molecule has 18 heavy (non-hydrogen) atoms. The molecule has 0 spiro atoms. The number of pyridine rings is 1. The summed E-state index contributed by atoms with van der Waals surface area (Å²) in [7, 11) is 2.04. The third-order valence-corrected chi connectivity index (χ3v) is 3.78. The van der Waals surface area contributed by atoms with E-state index in [1.165, 1.54) is 40.7 Å². The van der Waals surface area contributed by atoms with Crippen molar-refractivity contribution in [3.05, 3.63) is 53.3 Å². The molecule has 1 atom stereocenters. The number of hydrogen-bond acceptors (Lipinski definition) is 2. The molecule has 0 amide bonds. The predicted molar refractivity (Wildman–Crippen MR) is 74.5 cm³/mol. The van der Waals surface area contributed by atoms with Crippen LogP contribution in [0.4, 0.5) is 0 Å². The van der Waals surface area contributed by atoms with Gasteiger partial charge in [-0.15, -0.1) is 0 Å². The summed E-state index contributed by atoms with van der Waals surface area (Å²) >= 11 is 0. The number of benzene rings is 1. The second kappa shape index (κ2) is 4.54. The molecule has 0 bridgehead atoms. The third kappa shape index (κ3) is 1.93. The van der Waals surface area contributed by atoms with Crippen LogP contribution >= 0.6 is 0 Å². The first-order valence-electron chi connectivity index (χ1n) is 6.50. The molecule has 92 valence electrons. The van der Waals surface area contributed by atoms with Crippen molar-refractivity contribution in [2.45, 2.75) is 25.8 Å². The van der Waals surface area contributed by atoms with Gasteiger partial charge in [0.05, 0.1) is 0 Å². The van der Waals surface area contributed by atoms with Crippen LogP contribution in [0.5, 0.6) is 0 Å². The molecule has 2 nitrogen and oxygen atoms in total. The van der Waals surface area contributed by atoms with E-state index in [1.807, 2.05) is 19.4 Å². The molecule has 0 radical (unpaired) electrons. The van der Waals surface area contributed by atoms with Crippen molar-refractivity contribution in [3.8, 4) is 11.1 Å². The number of fused-ring (bicyclic) bond motifs is 1. The van der Waals surface area contributed by atoms with Gasteiger partial charge in [-0.2, -0.15) is 0 Å². The van der Waals surface area contributed by atoms with Crippen LogP contribution in [0.15, 0.2) is 36.7 Å². The Kier molecular flexibility index (Phi) is 2.88. The van der Waals surface area contributed by atoms with Gasteiger partial charge >= 0.3 is 0 Å². The number of hydrogen-bond donors (Lipinski definition) is 1. The SMILES string of the molecule is CNC1CCc2cc(-c3cncc(C)c3)ccc21. The quantitative estimate of drug-likeness (QED) is 0.868. The summed E-state index contributed by atoms with van der Waals surface area (Å²) in [5, 5.41) is 3.38. The lowest BCUT2D eigenvalue weighted by Crippen LogP contribution is -2.12. The molecule has 1 aromatic heterocycles. The summed E-state index contributed by atoms with van der Waals surface area (Å²) in [5.41, 5.74) is 6.64. The fraction of sp³-hybridized carbons (Fsp3) is 0.312. The average molecular weight is 238 g/mol. The second-order valence-electron chi connectivity index (χ2n) is 5.04. The van der Waals surface area contributed by atoms with Gasteiger partial charge in [0.25, 0.3) is 0 Å². The topological polar surface area (TPSA) is 24.9 Å². The van der Waals surface area contributed by atoms with Crippen LogP contribution in [0, 0.1) is 6.92 Å². The summed E-state index contributed by atoms with van der Waals surface area (Å²) in [6.45, 7) is 2.08. The highest BCUT2D eigenvalue weighted by atomic mass is 14.9. The van der Waals surface area contributed by atoms with Gasteiger partial charge in [0.15, 0.2) is 0 Å². The van der Waals surface area contributed by atoms with E-state index in [0.29, 0.717) is 6.04 Å². The Morgan fingerprint density at radius 2 is 2.06 bits per heavy atom. The molecule has 1 heterocycles. The lowest BCUT2D eigenvalue weighted by Gasteiger charge is -2.11. The maximum Gasteiger partial charge on any atom is 0.0346 e. The first-order valence-corrected chi connectivity index (χ1v) is 6.50. The van der Waals surface area contributed by atoms with Gasteiger partial charge in [0, 0.05) is 24.0 Å². The Hall–Kier alpha value is -1.67. The first kappa shape index (κ1) is 11.4. The van der Waals surface area contributed by atoms with E-state index >= 15 is 0 Å². The van der Waals surface area contributed by atoms with E-state index in [0.717, 1.165) is 0 Å². The molecule has 2 heteroatoms. The average Bonchev–Trinajstić information content (AvgIpc) is 2.80. The van der Waals surface area contributed by atoms with Gasteiger partial charge in [0.1, 0.15) is 0 Å². The van der Waals surface area contributed by atoms with Gasteiger partial charge in [-0.05, 0) is 55.1 Å². The third-order valence-electron chi connectivity index (χ3n) is 3.78. The zero-order chi connectivity index (χ0) is 12.5. The van der Waals surface area contributed by atoms with E-state index < -0.39 is 0 Å². The van der Waals surface area contributed by atoms with E-state index in [4.69, 9.17) is 0 Å². The molecule has 1 aliphatic carbocycles. The highest BCUT2D eigenvalue weighted by molar-refractivity contribution is 5.65. The van der Waals surface area contributed by atoms with Crippen molar-refractivity contribution < 1.29 is 0 Å². The van der Waals surface area contributed by atoms with Crippen LogP contribution in [-0.4, -0.2) is 12.0 Å². The Labute approximate surface area is 108 Å². The number of aryl methyl sites for hydroxylation is 2. The highest BCUT2D eigenvalue weighted by Gasteiger charge is 2.20. The highest BCUT2D eigenvalue weighted by Crippen LogP contribution is 2.33. The summed E-state index contributed by atoms with van der Waals surface area (Å²) in [6, 6.07) is 9.53. The van der Waals surface area contributed by atoms with Gasteiger partial charge in [-0.3, -0.25) is 4.98 Å². The molecule has 1 N–H and O–H groups in total. The van der Waals surface area contributed by atoms with Crippen molar-refractivity contribution >= 4 is 0 Å². The Morgan fingerprint density at radius 3 is 2.83 bits per heavy atom. The van der Waals surface area contributed by atoms with Crippen molar-refractivity contribution in [1.29, 1.82) is 0 Å². The fourth-order valence-corrected chi connectivity index (χ4v) is 2.81. The Bertz CT molecular complexity index is 575. The molecule has 1 unspecified atom stereocenters. The number of rotatable bonds is 2. The Balaban J connectivity index is 2.01. The molecule has 0 fully saturated rings. The van der Waals surface area contributed by atoms with E-state index in [2.05, 4.69) is 41.5 Å². The normalized spacial score (nSPS) is 17.8. The monoisotopic (exact) mass is 238 g/mol. The molecular weight excluding hydrogens is 220 g/mol. The maximum absolute atomic E-state index is 4.27. The molecule has 0 saturated heterocycles. The molecular formula is C16H18N2.